The minimum atomic E-state index is -1.24. The fourth-order valence-corrected chi connectivity index (χ4v) is 0.247. The number of carboxylic acid groups (broad SMARTS) is 3. The summed E-state index contributed by atoms with van der Waals surface area (Å²) in [6.45, 7) is 7.30. The number of hydrogen-bond donors (Lipinski definition) is 3. The van der Waals surface area contributed by atoms with E-state index in [4.69, 9.17) is 20.6 Å². The summed E-state index contributed by atoms with van der Waals surface area (Å²) in [6.07, 6.45) is 2.66. The highest BCUT2D eigenvalue weighted by atomic mass is 16.4. The molecule has 98 valence electrons. The van der Waals surface area contributed by atoms with E-state index >= 15 is 0 Å². The number of carboxylic acids is 3. The van der Waals surface area contributed by atoms with Gasteiger partial charge in [-0.25, -0.2) is 14.4 Å². The van der Waals surface area contributed by atoms with Gasteiger partial charge < -0.3 is 15.3 Å². The van der Waals surface area contributed by atoms with E-state index in [1.54, 1.807) is 6.07 Å². The molecule has 0 radical (unpaired) electrons. The van der Waals surface area contributed by atoms with Crippen molar-refractivity contribution in [2.45, 2.75) is 6.92 Å². The average molecular weight is 255 g/mol. The number of nitrogens with zero attached hydrogens (tertiary/aromatic N) is 1. The van der Waals surface area contributed by atoms with E-state index < -0.39 is 17.9 Å². The van der Waals surface area contributed by atoms with Gasteiger partial charge in [0, 0.05) is 23.8 Å². The summed E-state index contributed by atoms with van der Waals surface area (Å²) in [6, 6.07) is 1.69. The maximum Gasteiger partial charge on any atom is 0.331 e. The number of carbonyl (C=O) groups is 3. The summed E-state index contributed by atoms with van der Waals surface area (Å²) < 4.78 is 0. The first-order chi connectivity index (χ1) is 8.22. The van der Waals surface area contributed by atoms with E-state index in [1.807, 2.05) is 0 Å². The normalized spacial score (nSPS) is 8.11. The molecular weight excluding hydrogens is 242 g/mol. The van der Waals surface area contributed by atoms with Gasteiger partial charge in [-0.15, -0.1) is 0 Å². The molecule has 0 atom stereocenters. The number of aliphatic carboxylic acids is 3. The van der Waals surface area contributed by atoms with Gasteiger partial charge in [-0.2, -0.15) is 5.26 Å². The van der Waals surface area contributed by atoms with E-state index in [0.29, 0.717) is 6.08 Å². The van der Waals surface area contributed by atoms with Crippen molar-refractivity contribution >= 4 is 17.9 Å². The zero-order valence-corrected chi connectivity index (χ0v) is 9.66. The molecule has 0 fully saturated rings. The number of nitriles is 1. The average Bonchev–Trinajstić information content (AvgIpc) is 2.29. The van der Waals surface area contributed by atoms with Crippen LogP contribution in [0.25, 0.3) is 0 Å². The van der Waals surface area contributed by atoms with E-state index in [0.717, 1.165) is 6.08 Å². The third-order valence-electron chi connectivity index (χ3n) is 0.943. The van der Waals surface area contributed by atoms with E-state index in [1.165, 1.54) is 13.0 Å². The molecule has 0 unspecified atom stereocenters. The lowest BCUT2D eigenvalue weighted by atomic mass is 10.3. The number of allylic oxidation sites excluding steroid dienone is 1. The first kappa shape index (κ1) is 20.5. The van der Waals surface area contributed by atoms with Gasteiger partial charge in [0.25, 0.3) is 0 Å². The van der Waals surface area contributed by atoms with Gasteiger partial charge in [-0.05, 0) is 6.92 Å². The Morgan fingerprint density at radius 3 is 1.50 bits per heavy atom. The zero-order chi connectivity index (χ0) is 15.1. The smallest absolute Gasteiger partial charge is 0.331 e. The summed E-state index contributed by atoms with van der Waals surface area (Å²) in [5, 5.41) is 31.2. The van der Waals surface area contributed by atoms with Gasteiger partial charge in [0.05, 0.1) is 6.07 Å². The van der Waals surface area contributed by atoms with E-state index in [2.05, 4.69) is 13.2 Å². The lowest BCUT2D eigenvalue weighted by Crippen LogP contribution is -1.99. The van der Waals surface area contributed by atoms with Crippen molar-refractivity contribution in [1.29, 1.82) is 5.26 Å². The summed E-state index contributed by atoms with van der Waals surface area (Å²) in [4.78, 5) is 28.9. The molecule has 0 bridgehead atoms. The quantitative estimate of drug-likeness (QED) is 0.506. The van der Waals surface area contributed by atoms with Crippen molar-refractivity contribution in [2.75, 3.05) is 0 Å². The molecule has 0 aliphatic rings. The molecule has 7 nitrogen and oxygen atoms in total. The van der Waals surface area contributed by atoms with Crippen LogP contribution in [0.1, 0.15) is 6.92 Å². The summed E-state index contributed by atoms with van der Waals surface area (Å²) in [5.41, 5.74) is -0.178. The Morgan fingerprint density at radius 1 is 1.11 bits per heavy atom. The van der Waals surface area contributed by atoms with Crippen molar-refractivity contribution in [3.63, 3.8) is 0 Å². The van der Waals surface area contributed by atoms with Crippen LogP contribution in [0.15, 0.2) is 37.0 Å². The first-order valence-corrected chi connectivity index (χ1v) is 4.23. The van der Waals surface area contributed by atoms with Gasteiger partial charge in [0.2, 0.25) is 0 Å². The van der Waals surface area contributed by atoms with Crippen molar-refractivity contribution in [3.8, 4) is 6.07 Å². The SMILES string of the molecule is C/C(=C/C(=O)O)C(=O)O.C=CC#N.C=CC(=O)O. The Bertz CT molecular complexity index is 389. The molecule has 7 heteroatoms. The van der Waals surface area contributed by atoms with Crippen LogP contribution in [-0.4, -0.2) is 33.2 Å². The largest absolute Gasteiger partial charge is 0.478 e. The van der Waals surface area contributed by atoms with Crippen LogP contribution in [0, 0.1) is 11.3 Å². The maximum atomic E-state index is 9.90. The molecule has 3 N–H and O–H groups in total. The van der Waals surface area contributed by atoms with Crippen LogP contribution in [0.5, 0.6) is 0 Å². The highest BCUT2D eigenvalue weighted by Gasteiger charge is 2.00. The maximum absolute atomic E-state index is 9.90. The van der Waals surface area contributed by atoms with Gasteiger partial charge in [-0.1, -0.05) is 13.2 Å². The summed E-state index contributed by atoms with van der Waals surface area (Å²) in [7, 11) is 0. The predicted molar refractivity (Wildman–Crippen MR) is 62.7 cm³/mol. The van der Waals surface area contributed by atoms with Crippen LogP contribution in [0.3, 0.4) is 0 Å². The highest BCUT2D eigenvalue weighted by molar-refractivity contribution is 5.93. The van der Waals surface area contributed by atoms with Gasteiger partial charge in [0.15, 0.2) is 0 Å². The van der Waals surface area contributed by atoms with Crippen LogP contribution in [-0.2, 0) is 14.4 Å². The predicted octanol–water partition coefficient (Wildman–Crippen LogP) is 1.05. The Labute approximate surface area is 104 Å². The standard InChI is InChI=1S/C5H6O4.C3H3N.C3H4O2/c1-3(5(8)9)2-4(6)7;1-2-3-4;1-2-3(4)5/h2H,1H3,(H,6,7)(H,8,9);2H,1H2;2H,1H2,(H,4,5)/b3-2-;;. The summed E-state index contributed by atoms with van der Waals surface area (Å²) in [5.74, 6) is -3.43. The zero-order valence-electron chi connectivity index (χ0n) is 9.66. The van der Waals surface area contributed by atoms with E-state index in [9.17, 15) is 14.4 Å². The van der Waals surface area contributed by atoms with Crippen LogP contribution in [0.4, 0.5) is 0 Å². The van der Waals surface area contributed by atoms with Crippen molar-refractivity contribution in [2.24, 2.45) is 0 Å². The van der Waals surface area contributed by atoms with Crippen LogP contribution in [0.2, 0.25) is 0 Å². The van der Waals surface area contributed by atoms with Crippen molar-refractivity contribution in [3.05, 3.63) is 37.0 Å². The van der Waals surface area contributed by atoms with Crippen molar-refractivity contribution in [1.82, 2.24) is 0 Å². The monoisotopic (exact) mass is 255 g/mol. The molecule has 0 aromatic carbocycles. The minimum absolute atomic E-state index is 0.178. The second kappa shape index (κ2) is 14.1. The molecule has 18 heavy (non-hydrogen) atoms. The van der Waals surface area contributed by atoms with Gasteiger partial charge in [0.1, 0.15) is 0 Å². The number of rotatable bonds is 3. The Hall–Kier alpha value is -2.88. The Balaban J connectivity index is -0.000000212. The molecular formula is C11H13NO6. The molecule has 0 spiro atoms. The third-order valence-corrected chi connectivity index (χ3v) is 0.943. The molecule has 0 saturated carbocycles. The summed E-state index contributed by atoms with van der Waals surface area (Å²) >= 11 is 0. The third kappa shape index (κ3) is 29.2. The molecule has 0 aromatic rings. The minimum Gasteiger partial charge on any atom is -0.478 e. The Morgan fingerprint density at radius 2 is 1.44 bits per heavy atom. The number of hydrogen-bond acceptors (Lipinski definition) is 4. The second-order valence-electron chi connectivity index (χ2n) is 2.35. The highest BCUT2D eigenvalue weighted by Crippen LogP contribution is 1.89. The van der Waals surface area contributed by atoms with Crippen LogP contribution >= 0.6 is 0 Å². The first-order valence-electron chi connectivity index (χ1n) is 4.23. The fraction of sp³-hybridized carbons (Fsp3) is 0.0909. The fourth-order valence-electron chi connectivity index (χ4n) is 0.247. The molecule has 0 saturated heterocycles. The van der Waals surface area contributed by atoms with Crippen molar-refractivity contribution < 1.29 is 29.7 Å². The molecule has 0 amide bonds. The molecule has 0 aliphatic heterocycles. The van der Waals surface area contributed by atoms with Gasteiger partial charge >= 0.3 is 17.9 Å². The lowest BCUT2D eigenvalue weighted by molar-refractivity contribution is -0.135. The Kier molecular flexibility index (Phi) is 16.1. The lowest BCUT2D eigenvalue weighted by Gasteiger charge is -1.86. The van der Waals surface area contributed by atoms with Gasteiger partial charge in [-0.3, -0.25) is 0 Å². The molecule has 0 heterocycles. The second-order valence-corrected chi connectivity index (χ2v) is 2.35. The van der Waals surface area contributed by atoms with E-state index in [-0.39, 0.29) is 5.57 Å². The topological polar surface area (TPSA) is 136 Å². The molecule has 0 rings (SSSR count). The molecule has 0 aromatic heterocycles. The van der Waals surface area contributed by atoms with Crippen LogP contribution < -0.4 is 0 Å². The molecule has 0 aliphatic carbocycles.